The SMILES string of the molecule is COc1cc(C)c2c(c1)O/C(=C\c1cc(Br)cc3c1OCOC3)C2=O. The van der Waals surface area contributed by atoms with E-state index in [-0.39, 0.29) is 18.3 Å². The van der Waals surface area contributed by atoms with Crippen molar-refractivity contribution in [2.24, 2.45) is 0 Å². The summed E-state index contributed by atoms with van der Waals surface area (Å²) in [4.78, 5) is 12.8. The molecule has 2 heterocycles. The lowest BCUT2D eigenvalue weighted by Crippen LogP contribution is -2.12. The number of benzene rings is 2. The Bertz CT molecular complexity index is 917. The van der Waals surface area contributed by atoms with Gasteiger partial charge in [0.1, 0.15) is 17.2 Å². The molecule has 128 valence electrons. The number of rotatable bonds is 2. The molecule has 0 fully saturated rings. The lowest BCUT2D eigenvalue weighted by molar-refractivity contribution is -0.0165. The van der Waals surface area contributed by atoms with Crippen molar-refractivity contribution >= 4 is 27.8 Å². The van der Waals surface area contributed by atoms with Gasteiger partial charge in [-0.2, -0.15) is 0 Å². The fraction of sp³-hybridized carbons (Fsp3) is 0.211. The number of methoxy groups -OCH3 is 1. The number of fused-ring (bicyclic) bond motifs is 2. The molecule has 2 aliphatic rings. The van der Waals surface area contributed by atoms with Gasteiger partial charge in [0.15, 0.2) is 12.6 Å². The number of ketones is 1. The molecule has 0 N–H and O–H groups in total. The highest BCUT2D eigenvalue weighted by atomic mass is 79.9. The van der Waals surface area contributed by atoms with Gasteiger partial charge in [-0.05, 0) is 36.8 Å². The molecule has 0 bridgehead atoms. The largest absolute Gasteiger partial charge is 0.497 e. The molecule has 0 atom stereocenters. The smallest absolute Gasteiger partial charge is 0.232 e. The summed E-state index contributed by atoms with van der Waals surface area (Å²) in [6.07, 6.45) is 1.71. The van der Waals surface area contributed by atoms with Gasteiger partial charge in [0.05, 0.1) is 19.3 Å². The van der Waals surface area contributed by atoms with Crippen LogP contribution in [0.1, 0.15) is 27.0 Å². The first-order valence-electron chi connectivity index (χ1n) is 7.72. The number of aryl methyl sites for hydroxylation is 1. The molecule has 0 amide bonds. The Labute approximate surface area is 153 Å². The second-order valence-corrected chi connectivity index (χ2v) is 6.77. The fourth-order valence-electron chi connectivity index (χ4n) is 3.05. The highest BCUT2D eigenvalue weighted by Crippen LogP contribution is 2.39. The molecule has 5 nitrogen and oxygen atoms in total. The van der Waals surface area contributed by atoms with Crippen LogP contribution >= 0.6 is 15.9 Å². The van der Waals surface area contributed by atoms with Crippen LogP contribution in [0.4, 0.5) is 0 Å². The van der Waals surface area contributed by atoms with E-state index in [1.807, 2.05) is 25.1 Å². The van der Waals surface area contributed by atoms with E-state index in [0.717, 1.165) is 21.2 Å². The average molecular weight is 403 g/mol. The minimum absolute atomic E-state index is 0.143. The van der Waals surface area contributed by atoms with Crippen LogP contribution in [0.3, 0.4) is 0 Å². The maximum Gasteiger partial charge on any atom is 0.232 e. The molecule has 0 aliphatic carbocycles. The first kappa shape index (κ1) is 16.2. The summed E-state index contributed by atoms with van der Waals surface area (Å²) in [6, 6.07) is 7.38. The number of carbonyl (C=O) groups is 1. The van der Waals surface area contributed by atoms with Crippen LogP contribution in [-0.2, 0) is 11.3 Å². The maximum absolute atomic E-state index is 12.8. The quantitative estimate of drug-likeness (QED) is 0.702. The van der Waals surface area contributed by atoms with Crippen LogP contribution in [0, 0.1) is 6.92 Å². The van der Waals surface area contributed by atoms with E-state index in [4.69, 9.17) is 18.9 Å². The van der Waals surface area contributed by atoms with Crippen molar-refractivity contribution in [1.29, 1.82) is 0 Å². The second kappa shape index (κ2) is 6.20. The van der Waals surface area contributed by atoms with E-state index in [1.165, 1.54) is 0 Å². The minimum Gasteiger partial charge on any atom is -0.497 e. The first-order chi connectivity index (χ1) is 12.1. The normalized spacial score (nSPS) is 16.9. The third-order valence-corrected chi connectivity index (χ3v) is 4.63. The van der Waals surface area contributed by atoms with Gasteiger partial charge in [-0.15, -0.1) is 0 Å². The summed E-state index contributed by atoms with van der Waals surface area (Å²) in [5.41, 5.74) is 3.09. The van der Waals surface area contributed by atoms with Gasteiger partial charge in [0.25, 0.3) is 0 Å². The van der Waals surface area contributed by atoms with Crippen molar-refractivity contribution in [3.8, 4) is 17.2 Å². The highest BCUT2D eigenvalue weighted by Gasteiger charge is 2.30. The molecular formula is C19H15BrO5. The molecule has 0 saturated heterocycles. The Kier molecular flexibility index (Phi) is 4.01. The second-order valence-electron chi connectivity index (χ2n) is 5.85. The van der Waals surface area contributed by atoms with Gasteiger partial charge in [-0.1, -0.05) is 15.9 Å². The Morgan fingerprint density at radius 3 is 2.88 bits per heavy atom. The van der Waals surface area contributed by atoms with E-state index in [2.05, 4.69) is 15.9 Å². The van der Waals surface area contributed by atoms with Crippen molar-refractivity contribution in [1.82, 2.24) is 0 Å². The summed E-state index contributed by atoms with van der Waals surface area (Å²) < 4.78 is 22.9. The predicted octanol–water partition coefficient (Wildman–Crippen LogP) is 4.25. The number of halogens is 1. The molecule has 25 heavy (non-hydrogen) atoms. The zero-order valence-corrected chi connectivity index (χ0v) is 15.3. The summed E-state index contributed by atoms with van der Waals surface area (Å²) in [6.45, 7) is 2.53. The monoisotopic (exact) mass is 402 g/mol. The first-order valence-corrected chi connectivity index (χ1v) is 8.52. The van der Waals surface area contributed by atoms with Gasteiger partial charge in [-0.25, -0.2) is 0 Å². The maximum atomic E-state index is 12.8. The topological polar surface area (TPSA) is 54.0 Å². The van der Waals surface area contributed by atoms with Crippen molar-refractivity contribution in [3.05, 3.63) is 56.8 Å². The van der Waals surface area contributed by atoms with Crippen LogP contribution in [0.15, 0.2) is 34.5 Å². The van der Waals surface area contributed by atoms with Gasteiger partial charge in [0, 0.05) is 21.7 Å². The molecule has 6 heteroatoms. The van der Waals surface area contributed by atoms with E-state index in [9.17, 15) is 4.79 Å². The summed E-state index contributed by atoms with van der Waals surface area (Å²) in [7, 11) is 1.59. The number of hydrogen-bond acceptors (Lipinski definition) is 5. The van der Waals surface area contributed by atoms with E-state index < -0.39 is 0 Å². The van der Waals surface area contributed by atoms with E-state index in [0.29, 0.717) is 29.4 Å². The highest BCUT2D eigenvalue weighted by molar-refractivity contribution is 9.10. The molecule has 4 rings (SSSR count). The third kappa shape index (κ3) is 2.81. The van der Waals surface area contributed by atoms with Gasteiger partial charge < -0.3 is 18.9 Å². The molecule has 0 aromatic heterocycles. The summed E-state index contributed by atoms with van der Waals surface area (Å²) in [5, 5.41) is 0. The molecule has 0 radical (unpaired) electrons. The number of ether oxygens (including phenoxy) is 4. The summed E-state index contributed by atoms with van der Waals surface area (Å²) >= 11 is 3.48. The molecule has 2 aromatic carbocycles. The zero-order chi connectivity index (χ0) is 17.6. The van der Waals surface area contributed by atoms with Crippen molar-refractivity contribution in [2.75, 3.05) is 13.9 Å². The van der Waals surface area contributed by atoms with E-state index >= 15 is 0 Å². The van der Waals surface area contributed by atoms with Crippen LogP contribution in [0.5, 0.6) is 17.2 Å². The van der Waals surface area contributed by atoms with Crippen LogP contribution < -0.4 is 14.2 Å². The molecule has 0 spiro atoms. The van der Waals surface area contributed by atoms with Crippen LogP contribution in [0.25, 0.3) is 6.08 Å². The predicted molar refractivity (Wildman–Crippen MR) is 95.1 cm³/mol. The Morgan fingerprint density at radius 2 is 2.08 bits per heavy atom. The Morgan fingerprint density at radius 1 is 1.24 bits per heavy atom. The third-order valence-electron chi connectivity index (χ3n) is 4.17. The fourth-order valence-corrected chi connectivity index (χ4v) is 3.58. The molecule has 0 saturated carbocycles. The molecule has 2 aliphatic heterocycles. The van der Waals surface area contributed by atoms with Crippen molar-refractivity contribution in [2.45, 2.75) is 13.5 Å². The van der Waals surface area contributed by atoms with Crippen molar-refractivity contribution < 1.29 is 23.7 Å². The zero-order valence-electron chi connectivity index (χ0n) is 13.7. The van der Waals surface area contributed by atoms with Gasteiger partial charge in [-0.3, -0.25) is 4.79 Å². The molecule has 0 unspecified atom stereocenters. The summed E-state index contributed by atoms with van der Waals surface area (Å²) in [5.74, 6) is 2.01. The van der Waals surface area contributed by atoms with Crippen LogP contribution in [0.2, 0.25) is 0 Å². The van der Waals surface area contributed by atoms with Crippen LogP contribution in [-0.4, -0.2) is 19.7 Å². The number of hydrogen-bond donors (Lipinski definition) is 0. The van der Waals surface area contributed by atoms with Gasteiger partial charge in [0.2, 0.25) is 5.78 Å². The minimum atomic E-state index is -0.143. The Balaban J connectivity index is 1.78. The lowest BCUT2D eigenvalue weighted by Gasteiger charge is -2.20. The van der Waals surface area contributed by atoms with Gasteiger partial charge >= 0.3 is 0 Å². The standard InChI is InChI=1S/C19H15BrO5/c1-10-3-14(22-2)7-15-17(10)18(21)16(25-15)6-11-4-13(20)5-12-8-23-9-24-19(11)12/h3-7H,8-9H2,1-2H3/b16-6-. The number of carbonyl (C=O) groups excluding carboxylic acids is 1. The molecule has 2 aromatic rings. The Hall–Kier alpha value is -2.31. The van der Waals surface area contributed by atoms with E-state index in [1.54, 1.807) is 19.3 Å². The number of Topliss-reactive ketones (excluding diaryl/α,β-unsaturated/α-hetero) is 1. The number of allylic oxidation sites excluding steroid dienone is 1. The lowest BCUT2D eigenvalue weighted by atomic mass is 10.0. The average Bonchev–Trinajstić information content (AvgIpc) is 2.90. The molecular weight excluding hydrogens is 388 g/mol. The van der Waals surface area contributed by atoms with Crippen molar-refractivity contribution in [3.63, 3.8) is 0 Å².